The van der Waals surface area contributed by atoms with Crippen LogP contribution in [-0.2, 0) is 6.18 Å². The van der Waals surface area contributed by atoms with E-state index in [1.165, 1.54) is 0 Å². The molecule has 21 heavy (non-hydrogen) atoms. The van der Waals surface area contributed by atoms with E-state index in [1.54, 1.807) is 0 Å². The van der Waals surface area contributed by atoms with Crippen molar-refractivity contribution < 1.29 is 18.3 Å². The molecule has 0 aliphatic rings. The summed E-state index contributed by atoms with van der Waals surface area (Å²) < 4.78 is 38.4. The van der Waals surface area contributed by atoms with Gasteiger partial charge in [-0.2, -0.15) is 18.2 Å². The van der Waals surface area contributed by atoms with Gasteiger partial charge in [0.2, 0.25) is 5.95 Å². The van der Waals surface area contributed by atoms with Crippen molar-refractivity contribution in [3.8, 4) is 0 Å². The van der Waals surface area contributed by atoms with E-state index in [4.69, 9.17) is 0 Å². The lowest BCUT2D eigenvalue weighted by Gasteiger charge is -2.14. The molecule has 0 radical (unpaired) electrons. The van der Waals surface area contributed by atoms with Gasteiger partial charge in [-0.1, -0.05) is 20.3 Å². The summed E-state index contributed by atoms with van der Waals surface area (Å²) in [6.07, 6.45) is -3.04. The van der Waals surface area contributed by atoms with Gasteiger partial charge in [0.1, 0.15) is 5.82 Å². The molecule has 8 heteroatoms. The maximum atomic E-state index is 12.8. The van der Waals surface area contributed by atoms with Crippen LogP contribution >= 0.6 is 0 Å². The Hall–Kier alpha value is -1.57. The van der Waals surface area contributed by atoms with E-state index < -0.39 is 18.0 Å². The molecule has 0 bridgehead atoms. The Kier molecular flexibility index (Phi) is 6.67. The summed E-state index contributed by atoms with van der Waals surface area (Å²) in [4.78, 5) is 7.43. The SMILES string of the molecule is CCCNc1nc(NCC(O)CCC)cc(C(F)(F)F)n1. The Morgan fingerprint density at radius 3 is 2.48 bits per heavy atom. The van der Waals surface area contributed by atoms with Crippen molar-refractivity contribution in [1.29, 1.82) is 0 Å². The highest BCUT2D eigenvalue weighted by Gasteiger charge is 2.33. The molecule has 1 heterocycles. The van der Waals surface area contributed by atoms with Crippen LogP contribution in [0.2, 0.25) is 0 Å². The van der Waals surface area contributed by atoms with Gasteiger partial charge in [-0.3, -0.25) is 0 Å². The second-order valence-electron chi connectivity index (χ2n) is 4.71. The van der Waals surface area contributed by atoms with E-state index in [-0.39, 0.29) is 18.3 Å². The number of hydrogen-bond acceptors (Lipinski definition) is 5. The van der Waals surface area contributed by atoms with Crippen molar-refractivity contribution in [3.05, 3.63) is 11.8 Å². The zero-order chi connectivity index (χ0) is 15.9. The first-order valence-corrected chi connectivity index (χ1v) is 6.98. The van der Waals surface area contributed by atoms with Crippen molar-refractivity contribution in [2.75, 3.05) is 23.7 Å². The predicted octanol–water partition coefficient (Wildman–Crippen LogP) is 2.89. The van der Waals surface area contributed by atoms with Crippen LogP contribution in [0.1, 0.15) is 38.8 Å². The second-order valence-corrected chi connectivity index (χ2v) is 4.71. The molecule has 0 spiro atoms. The highest BCUT2D eigenvalue weighted by atomic mass is 19.4. The fourth-order valence-corrected chi connectivity index (χ4v) is 1.66. The number of rotatable bonds is 8. The Morgan fingerprint density at radius 2 is 1.90 bits per heavy atom. The second kappa shape index (κ2) is 8.02. The van der Waals surface area contributed by atoms with E-state index in [2.05, 4.69) is 20.6 Å². The highest BCUT2D eigenvalue weighted by molar-refractivity contribution is 5.43. The summed E-state index contributed by atoms with van der Waals surface area (Å²) in [5.41, 5.74) is -1.01. The topological polar surface area (TPSA) is 70.1 Å². The van der Waals surface area contributed by atoms with Gasteiger partial charge in [0.05, 0.1) is 6.10 Å². The van der Waals surface area contributed by atoms with Gasteiger partial charge in [-0.15, -0.1) is 0 Å². The largest absolute Gasteiger partial charge is 0.433 e. The summed E-state index contributed by atoms with van der Waals surface area (Å²) >= 11 is 0. The molecule has 0 aliphatic heterocycles. The van der Waals surface area contributed by atoms with Crippen LogP contribution in [-0.4, -0.2) is 34.3 Å². The first-order valence-electron chi connectivity index (χ1n) is 6.98. The van der Waals surface area contributed by atoms with Crippen LogP contribution in [0.5, 0.6) is 0 Å². The van der Waals surface area contributed by atoms with Crippen molar-refractivity contribution in [3.63, 3.8) is 0 Å². The zero-order valence-electron chi connectivity index (χ0n) is 12.2. The zero-order valence-corrected chi connectivity index (χ0v) is 12.2. The first kappa shape index (κ1) is 17.5. The molecule has 0 saturated heterocycles. The molecule has 1 rings (SSSR count). The monoisotopic (exact) mass is 306 g/mol. The molecule has 0 amide bonds. The Bertz CT molecular complexity index is 440. The van der Waals surface area contributed by atoms with Crippen molar-refractivity contribution in [2.45, 2.75) is 45.4 Å². The third-order valence-corrected chi connectivity index (χ3v) is 2.69. The molecule has 3 N–H and O–H groups in total. The number of halogens is 3. The summed E-state index contributed by atoms with van der Waals surface area (Å²) in [5, 5.41) is 15.1. The minimum Gasteiger partial charge on any atom is -0.391 e. The normalized spacial score (nSPS) is 13.0. The third kappa shape index (κ3) is 6.16. The fraction of sp³-hybridized carbons (Fsp3) is 0.692. The molecular weight excluding hydrogens is 285 g/mol. The number of anilines is 2. The number of aliphatic hydroxyl groups excluding tert-OH is 1. The number of alkyl halides is 3. The molecule has 0 saturated carbocycles. The first-order chi connectivity index (χ1) is 9.86. The van der Waals surface area contributed by atoms with Crippen LogP contribution < -0.4 is 10.6 Å². The van der Waals surface area contributed by atoms with Crippen molar-refractivity contribution in [2.24, 2.45) is 0 Å². The lowest BCUT2D eigenvalue weighted by Crippen LogP contribution is -2.21. The standard InChI is InChI=1S/C13H21F3N4O/c1-3-5-9(21)8-18-11-7-10(13(14,15)16)19-12(20-11)17-6-4-2/h7,9,21H,3-6,8H2,1-2H3,(H2,17,18,19,20). The van der Waals surface area contributed by atoms with Gasteiger partial charge in [0.25, 0.3) is 0 Å². The maximum absolute atomic E-state index is 12.8. The Labute approximate surface area is 122 Å². The molecule has 1 aromatic heterocycles. The van der Waals surface area contributed by atoms with Crippen LogP contribution in [0, 0.1) is 0 Å². The van der Waals surface area contributed by atoms with Crippen LogP contribution in [0.4, 0.5) is 24.9 Å². The Morgan fingerprint density at radius 1 is 1.19 bits per heavy atom. The maximum Gasteiger partial charge on any atom is 0.433 e. The van der Waals surface area contributed by atoms with E-state index >= 15 is 0 Å². The third-order valence-electron chi connectivity index (χ3n) is 2.69. The van der Waals surface area contributed by atoms with E-state index in [0.29, 0.717) is 13.0 Å². The van der Waals surface area contributed by atoms with Gasteiger partial charge >= 0.3 is 6.18 Å². The molecule has 1 aromatic rings. The van der Waals surface area contributed by atoms with E-state index in [1.807, 2.05) is 13.8 Å². The molecule has 0 aliphatic carbocycles. The molecular formula is C13H21F3N4O. The van der Waals surface area contributed by atoms with E-state index in [9.17, 15) is 18.3 Å². The van der Waals surface area contributed by atoms with E-state index in [0.717, 1.165) is 18.9 Å². The van der Waals surface area contributed by atoms with Crippen LogP contribution in [0.3, 0.4) is 0 Å². The predicted molar refractivity (Wildman–Crippen MR) is 75.2 cm³/mol. The summed E-state index contributed by atoms with van der Waals surface area (Å²) in [7, 11) is 0. The number of nitrogens with one attached hydrogen (secondary N) is 2. The number of aromatic nitrogens is 2. The fourth-order valence-electron chi connectivity index (χ4n) is 1.66. The number of aliphatic hydroxyl groups is 1. The summed E-state index contributed by atoms with van der Waals surface area (Å²) in [6, 6.07) is 0.843. The lowest BCUT2D eigenvalue weighted by molar-refractivity contribution is -0.141. The molecule has 0 aromatic carbocycles. The highest BCUT2D eigenvalue weighted by Crippen LogP contribution is 2.29. The smallest absolute Gasteiger partial charge is 0.391 e. The Balaban J connectivity index is 2.85. The van der Waals surface area contributed by atoms with Gasteiger partial charge in [0.15, 0.2) is 5.69 Å². The van der Waals surface area contributed by atoms with Crippen LogP contribution in [0.25, 0.3) is 0 Å². The average Bonchev–Trinajstić information content (AvgIpc) is 2.42. The summed E-state index contributed by atoms with van der Waals surface area (Å²) in [6.45, 7) is 4.44. The quantitative estimate of drug-likeness (QED) is 0.689. The lowest BCUT2D eigenvalue weighted by atomic mass is 10.2. The van der Waals surface area contributed by atoms with Gasteiger partial charge in [-0.25, -0.2) is 4.98 Å². The molecule has 5 nitrogen and oxygen atoms in total. The molecule has 0 fully saturated rings. The number of hydrogen-bond donors (Lipinski definition) is 3. The van der Waals surface area contributed by atoms with Gasteiger partial charge in [0, 0.05) is 19.2 Å². The van der Waals surface area contributed by atoms with Crippen molar-refractivity contribution in [1.82, 2.24) is 9.97 Å². The van der Waals surface area contributed by atoms with Crippen LogP contribution in [0.15, 0.2) is 6.07 Å². The van der Waals surface area contributed by atoms with Gasteiger partial charge in [-0.05, 0) is 12.8 Å². The minimum atomic E-state index is -4.54. The molecule has 1 unspecified atom stereocenters. The molecule has 120 valence electrons. The average molecular weight is 306 g/mol. The summed E-state index contributed by atoms with van der Waals surface area (Å²) in [5.74, 6) is -0.0229. The molecule has 1 atom stereocenters. The minimum absolute atomic E-state index is 0.0473. The van der Waals surface area contributed by atoms with Gasteiger partial charge < -0.3 is 15.7 Å². The number of nitrogens with zero attached hydrogens (tertiary/aromatic N) is 2. The van der Waals surface area contributed by atoms with Crippen molar-refractivity contribution >= 4 is 11.8 Å².